The predicted molar refractivity (Wildman–Crippen MR) is 142 cm³/mol. The molecule has 1 fully saturated rings. The minimum Gasteiger partial charge on any atom is -0.495 e. The molecule has 4 rings (SSSR count). The molecular weight excluding hydrogens is 513 g/mol. The Balaban J connectivity index is 1.76. The van der Waals surface area contributed by atoms with E-state index in [1.807, 2.05) is 6.07 Å². The number of nitrogens with zero attached hydrogens (tertiary/aromatic N) is 3. The van der Waals surface area contributed by atoms with E-state index < -0.39 is 12.3 Å². The predicted octanol–water partition coefficient (Wildman–Crippen LogP) is 7.27. The average Bonchev–Trinajstić information content (AvgIpc) is 3.17. The zero-order valence-electron chi connectivity index (χ0n) is 22.6. The number of carbonyl (C=O) groups is 1. The van der Waals surface area contributed by atoms with Crippen molar-refractivity contribution in [2.75, 3.05) is 12.4 Å². The SMILES string of the molecule is COc1cc2c(nc1CCC(=O)O)nc(Nc1ccc(OC(F)(F)F)cc1)n2C1CC[C@H](C)CC(C)(C)CC1. The van der Waals surface area contributed by atoms with E-state index in [-0.39, 0.29) is 30.0 Å². The molecule has 1 aliphatic rings. The highest BCUT2D eigenvalue weighted by atomic mass is 19.4. The van der Waals surface area contributed by atoms with Crippen molar-refractivity contribution in [1.82, 2.24) is 14.5 Å². The number of aryl methyl sites for hydroxylation is 1. The van der Waals surface area contributed by atoms with Gasteiger partial charge < -0.3 is 24.5 Å². The lowest BCUT2D eigenvalue weighted by Gasteiger charge is -2.34. The Labute approximate surface area is 225 Å². The summed E-state index contributed by atoms with van der Waals surface area (Å²) in [6.45, 7) is 6.86. The molecule has 212 valence electrons. The number of methoxy groups -OCH3 is 1. The van der Waals surface area contributed by atoms with Crippen LogP contribution < -0.4 is 14.8 Å². The Morgan fingerprint density at radius 3 is 2.54 bits per heavy atom. The molecule has 8 nitrogen and oxygen atoms in total. The fourth-order valence-electron chi connectivity index (χ4n) is 5.53. The van der Waals surface area contributed by atoms with Crippen LogP contribution in [0.2, 0.25) is 0 Å². The van der Waals surface area contributed by atoms with E-state index in [1.165, 1.54) is 31.4 Å². The molecule has 0 aliphatic heterocycles. The average molecular weight is 549 g/mol. The van der Waals surface area contributed by atoms with Gasteiger partial charge >= 0.3 is 12.3 Å². The number of ether oxygens (including phenoxy) is 2. The highest BCUT2D eigenvalue weighted by molar-refractivity contribution is 5.79. The van der Waals surface area contributed by atoms with Crippen molar-refractivity contribution >= 4 is 28.8 Å². The number of carboxylic acid groups (broad SMARTS) is 1. The first kappa shape index (κ1) is 28.5. The van der Waals surface area contributed by atoms with Crippen molar-refractivity contribution in [1.29, 1.82) is 0 Å². The maximum atomic E-state index is 12.6. The Hall–Kier alpha value is -3.50. The van der Waals surface area contributed by atoms with E-state index in [4.69, 9.17) is 14.8 Å². The summed E-state index contributed by atoms with van der Waals surface area (Å²) < 4.78 is 49.5. The molecule has 2 N–H and O–H groups in total. The third-order valence-corrected chi connectivity index (χ3v) is 7.27. The molecule has 2 atom stereocenters. The molecule has 39 heavy (non-hydrogen) atoms. The first-order valence-electron chi connectivity index (χ1n) is 13.1. The van der Waals surface area contributed by atoms with Crippen LogP contribution in [0.5, 0.6) is 11.5 Å². The number of aromatic nitrogens is 3. The number of rotatable bonds is 8. The smallest absolute Gasteiger partial charge is 0.495 e. The van der Waals surface area contributed by atoms with Gasteiger partial charge in [0.25, 0.3) is 0 Å². The monoisotopic (exact) mass is 548 g/mol. The van der Waals surface area contributed by atoms with Crippen molar-refractivity contribution in [2.24, 2.45) is 11.3 Å². The van der Waals surface area contributed by atoms with Gasteiger partial charge in [0.2, 0.25) is 5.95 Å². The van der Waals surface area contributed by atoms with Crippen LogP contribution in [0, 0.1) is 11.3 Å². The van der Waals surface area contributed by atoms with Crippen LogP contribution in [0.3, 0.4) is 0 Å². The lowest BCUT2D eigenvalue weighted by Crippen LogP contribution is -2.23. The van der Waals surface area contributed by atoms with Gasteiger partial charge in [-0.05, 0) is 67.7 Å². The van der Waals surface area contributed by atoms with Crippen molar-refractivity contribution in [2.45, 2.75) is 78.1 Å². The number of fused-ring (bicyclic) bond motifs is 1. The highest BCUT2D eigenvalue weighted by Gasteiger charge is 2.31. The lowest BCUT2D eigenvalue weighted by atomic mass is 9.74. The third kappa shape index (κ3) is 7.33. The summed E-state index contributed by atoms with van der Waals surface area (Å²) >= 11 is 0. The molecule has 3 aromatic rings. The van der Waals surface area contributed by atoms with Crippen LogP contribution in [-0.2, 0) is 11.2 Å². The van der Waals surface area contributed by atoms with Crippen molar-refractivity contribution in [3.05, 3.63) is 36.0 Å². The molecule has 1 aliphatic carbocycles. The molecule has 0 bridgehead atoms. The molecule has 2 heterocycles. The first-order valence-corrected chi connectivity index (χ1v) is 13.1. The Kier molecular flexibility index (Phi) is 8.27. The summed E-state index contributed by atoms with van der Waals surface area (Å²) in [7, 11) is 1.53. The van der Waals surface area contributed by atoms with Gasteiger partial charge in [-0.3, -0.25) is 4.79 Å². The van der Waals surface area contributed by atoms with Gasteiger partial charge in [-0.1, -0.05) is 20.8 Å². The second kappa shape index (κ2) is 11.3. The maximum absolute atomic E-state index is 12.6. The van der Waals surface area contributed by atoms with Crippen LogP contribution in [0.1, 0.15) is 71.0 Å². The Morgan fingerprint density at radius 2 is 1.90 bits per heavy atom. The van der Waals surface area contributed by atoms with Gasteiger partial charge in [0, 0.05) is 24.2 Å². The third-order valence-electron chi connectivity index (χ3n) is 7.27. The van der Waals surface area contributed by atoms with E-state index in [1.54, 1.807) is 0 Å². The number of carboxylic acids is 1. The van der Waals surface area contributed by atoms with E-state index in [0.717, 1.165) is 37.6 Å². The summed E-state index contributed by atoms with van der Waals surface area (Å²) in [6, 6.07) is 7.44. The molecule has 1 unspecified atom stereocenters. The van der Waals surface area contributed by atoms with Gasteiger partial charge in [0.05, 0.1) is 24.7 Å². The highest BCUT2D eigenvalue weighted by Crippen LogP contribution is 2.42. The number of nitrogens with one attached hydrogen (secondary N) is 1. The Bertz CT molecular complexity index is 1300. The van der Waals surface area contributed by atoms with Crippen molar-refractivity contribution in [3.63, 3.8) is 0 Å². The number of hydrogen-bond acceptors (Lipinski definition) is 6. The summed E-state index contributed by atoms with van der Waals surface area (Å²) in [5, 5.41) is 12.4. The van der Waals surface area contributed by atoms with Crippen LogP contribution in [0.25, 0.3) is 11.2 Å². The molecule has 0 amide bonds. The van der Waals surface area contributed by atoms with E-state index in [0.29, 0.717) is 34.6 Å². The minimum atomic E-state index is -4.77. The number of pyridine rings is 1. The van der Waals surface area contributed by atoms with Crippen LogP contribution in [0.4, 0.5) is 24.8 Å². The van der Waals surface area contributed by atoms with Crippen molar-refractivity contribution in [3.8, 4) is 11.5 Å². The molecule has 0 radical (unpaired) electrons. The summed E-state index contributed by atoms with van der Waals surface area (Å²) in [5.74, 6) is 0.314. The molecule has 11 heteroatoms. The summed E-state index contributed by atoms with van der Waals surface area (Å²) in [4.78, 5) is 20.6. The fraction of sp³-hybridized carbons (Fsp3) is 0.536. The second-order valence-electron chi connectivity index (χ2n) is 11.1. The van der Waals surface area contributed by atoms with Gasteiger partial charge in [-0.15, -0.1) is 13.2 Å². The number of alkyl halides is 3. The number of benzene rings is 1. The van der Waals surface area contributed by atoms with E-state index in [2.05, 4.69) is 40.4 Å². The van der Waals surface area contributed by atoms with Gasteiger partial charge in [-0.2, -0.15) is 4.98 Å². The number of aliphatic carboxylic acids is 1. The standard InChI is InChI=1S/C28H35F3N4O4/c1-17-5-8-19(13-14-27(2,3)16-17)35-22-15-23(38-4)21(11-12-24(36)37)33-25(22)34-26(35)32-18-6-9-20(10-7-18)39-28(29,30)31/h6-7,9-10,15,17,19H,5,8,11-14,16H2,1-4H3,(H,36,37)(H,32,33,34)/t17-,19?/m0/s1. The van der Waals surface area contributed by atoms with Crippen molar-refractivity contribution < 1.29 is 32.5 Å². The van der Waals surface area contributed by atoms with Crippen LogP contribution >= 0.6 is 0 Å². The number of imidazole rings is 1. The minimum absolute atomic E-state index is 0.0946. The second-order valence-corrected chi connectivity index (χ2v) is 11.1. The summed E-state index contributed by atoms with van der Waals surface area (Å²) in [6.07, 6.45) is 0.395. The largest absolute Gasteiger partial charge is 0.573 e. The van der Waals surface area contributed by atoms with Gasteiger partial charge in [-0.25, -0.2) is 4.98 Å². The first-order chi connectivity index (χ1) is 18.3. The maximum Gasteiger partial charge on any atom is 0.573 e. The molecule has 0 saturated heterocycles. The van der Waals surface area contributed by atoms with Crippen LogP contribution in [-0.4, -0.2) is 39.1 Å². The number of anilines is 2. The normalized spacial score (nSPS) is 19.8. The number of halogens is 3. The molecular formula is C28H35F3N4O4. The molecule has 2 aromatic heterocycles. The zero-order chi connectivity index (χ0) is 28.4. The summed E-state index contributed by atoms with van der Waals surface area (Å²) in [5.41, 5.74) is 2.44. The number of hydrogen-bond donors (Lipinski definition) is 2. The van der Waals surface area contributed by atoms with Gasteiger partial charge in [0.15, 0.2) is 5.65 Å². The zero-order valence-corrected chi connectivity index (χ0v) is 22.6. The topological polar surface area (TPSA) is 98.5 Å². The Morgan fingerprint density at radius 1 is 1.18 bits per heavy atom. The lowest BCUT2D eigenvalue weighted by molar-refractivity contribution is -0.274. The van der Waals surface area contributed by atoms with Gasteiger partial charge in [0.1, 0.15) is 11.5 Å². The quantitative estimate of drug-likeness (QED) is 0.306. The molecule has 0 spiro atoms. The fourth-order valence-corrected chi connectivity index (χ4v) is 5.53. The molecule has 1 saturated carbocycles. The van der Waals surface area contributed by atoms with Crippen LogP contribution in [0.15, 0.2) is 30.3 Å². The van der Waals surface area contributed by atoms with E-state index in [9.17, 15) is 18.0 Å². The molecule has 1 aromatic carbocycles. The van der Waals surface area contributed by atoms with E-state index >= 15 is 0 Å².